The van der Waals surface area contributed by atoms with Crippen molar-refractivity contribution < 1.29 is 22.0 Å². The van der Waals surface area contributed by atoms with Crippen LogP contribution in [0, 0.1) is 11.6 Å². The van der Waals surface area contributed by atoms with Gasteiger partial charge >= 0.3 is 0 Å². The van der Waals surface area contributed by atoms with Crippen molar-refractivity contribution in [2.75, 3.05) is 4.72 Å². The molecule has 3 aromatic rings. The molecule has 0 radical (unpaired) electrons. The number of carbonyl (C=O) groups is 1. The van der Waals surface area contributed by atoms with Gasteiger partial charge in [-0.2, -0.15) is 0 Å². The van der Waals surface area contributed by atoms with Crippen molar-refractivity contribution in [2.24, 2.45) is 0 Å². The fraction of sp³-hybridized carbons (Fsp3) is 0.250. The first-order valence-electron chi connectivity index (χ1n) is 8.98. The Bertz CT molecular complexity index is 1220. The molecule has 0 amide bonds. The van der Waals surface area contributed by atoms with E-state index in [0.29, 0.717) is 29.5 Å². The summed E-state index contributed by atoms with van der Waals surface area (Å²) in [6.07, 6.45) is 2.42. The summed E-state index contributed by atoms with van der Waals surface area (Å²) < 4.78 is 54.7. The van der Waals surface area contributed by atoms with E-state index >= 15 is 0 Å². The molecule has 4 rings (SSSR count). The minimum atomic E-state index is -4.04. The number of ketones is 1. The van der Waals surface area contributed by atoms with Gasteiger partial charge in [0, 0.05) is 34.6 Å². The normalized spacial score (nSPS) is 14.3. The number of rotatable bonds is 4. The molecule has 0 spiro atoms. The third-order valence-electron chi connectivity index (χ3n) is 5.01. The maximum Gasteiger partial charge on any atom is 0.262 e. The van der Waals surface area contributed by atoms with Gasteiger partial charge in [-0.15, -0.1) is 0 Å². The van der Waals surface area contributed by atoms with Gasteiger partial charge in [-0.1, -0.05) is 6.92 Å². The van der Waals surface area contributed by atoms with E-state index < -0.39 is 21.7 Å². The van der Waals surface area contributed by atoms with Gasteiger partial charge in [0.25, 0.3) is 10.0 Å². The molecule has 0 fully saturated rings. The third kappa shape index (κ3) is 3.07. The number of nitrogens with one attached hydrogen (secondary N) is 2. The number of hydrogen-bond acceptors (Lipinski definition) is 3. The number of Topliss-reactive ketones (excluding diaryl/α,β-unsaturated/α-hetero) is 1. The molecule has 2 aromatic carbocycles. The number of aryl methyl sites for hydroxylation is 2. The molecule has 146 valence electrons. The lowest BCUT2D eigenvalue weighted by molar-refractivity contribution is 0.0974. The molecule has 28 heavy (non-hydrogen) atoms. The van der Waals surface area contributed by atoms with Crippen LogP contribution in [0.3, 0.4) is 0 Å². The quantitative estimate of drug-likeness (QED) is 0.679. The van der Waals surface area contributed by atoms with Crippen molar-refractivity contribution in [3.05, 3.63) is 58.8 Å². The Kier molecular flexibility index (Phi) is 4.45. The van der Waals surface area contributed by atoms with E-state index in [1.54, 1.807) is 6.07 Å². The average Bonchev–Trinajstić information content (AvgIpc) is 3.02. The summed E-state index contributed by atoms with van der Waals surface area (Å²) in [4.78, 5) is 15.5. The van der Waals surface area contributed by atoms with Crippen LogP contribution in [0.2, 0.25) is 0 Å². The standard InChI is InChI=1S/C20H18F2N2O3S/c1-2-11-8-13-17(23-16-4-3-5-18(25)20(13)16)10-19(11)28(26,27)24-12-6-7-14(21)15(22)9-12/h6-10,23-24H,2-5H2,1H3. The maximum atomic E-state index is 13.4. The summed E-state index contributed by atoms with van der Waals surface area (Å²) in [5, 5.41) is 0.725. The minimum absolute atomic E-state index is 0.0401. The van der Waals surface area contributed by atoms with E-state index in [9.17, 15) is 22.0 Å². The number of aromatic amines is 1. The first-order valence-corrected chi connectivity index (χ1v) is 10.5. The molecule has 0 bridgehead atoms. The molecule has 0 atom stereocenters. The predicted molar refractivity (Wildman–Crippen MR) is 102 cm³/mol. The van der Waals surface area contributed by atoms with Gasteiger partial charge in [-0.05, 0) is 49.1 Å². The zero-order valence-corrected chi connectivity index (χ0v) is 15.9. The van der Waals surface area contributed by atoms with Crippen molar-refractivity contribution >= 4 is 32.4 Å². The van der Waals surface area contributed by atoms with Crippen LogP contribution in [0.5, 0.6) is 0 Å². The van der Waals surface area contributed by atoms with Gasteiger partial charge in [0.15, 0.2) is 17.4 Å². The van der Waals surface area contributed by atoms with Crippen LogP contribution in [-0.2, 0) is 22.9 Å². The number of benzene rings is 2. The fourth-order valence-corrected chi connectivity index (χ4v) is 5.04. The number of hydrogen-bond donors (Lipinski definition) is 2. The molecule has 8 heteroatoms. The lowest BCUT2D eigenvalue weighted by Crippen LogP contribution is -2.15. The predicted octanol–water partition coefficient (Wildman–Crippen LogP) is 4.33. The number of carbonyl (C=O) groups excluding carboxylic acids is 1. The largest absolute Gasteiger partial charge is 0.358 e. The lowest BCUT2D eigenvalue weighted by atomic mass is 9.94. The summed E-state index contributed by atoms with van der Waals surface area (Å²) in [7, 11) is -4.04. The summed E-state index contributed by atoms with van der Waals surface area (Å²) in [6.45, 7) is 1.82. The first kappa shape index (κ1) is 18.6. The number of H-pyrrole nitrogens is 1. The van der Waals surface area contributed by atoms with E-state index in [1.165, 1.54) is 6.07 Å². The van der Waals surface area contributed by atoms with Crippen molar-refractivity contribution in [3.8, 4) is 0 Å². The van der Waals surface area contributed by atoms with Gasteiger partial charge in [0.05, 0.1) is 10.6 Å². The molecular weight excluding hydrogens is 386 g/mol. The van der Waals surface area contributed by atoms with E-state index in [0.717, 1.165) is 42.1 Å². The first-order chi connectivity index (χ1) is 13.3. The Morgan fingerprint density at radius 3 is 2.61 bits per heavy atom. The Morgan fingerprint density at radius 1 is 1.11 bits per heavy atom. The minimum Gasteiger partial charge on any atom is -0.358 e. The van der Waals surface area contributed by atoms with Crippen LogP contribution in [0.1, 0.15) is 41.4 Å². The number of sulfonamides is 1. The highest BCUT2D eigenvalue weighted by Crippen LogP contribution is 2.33. The summed E-state index contributed by atoms with van der Waals surface area (Å²) in [6, 6.07) is 6.05. The smallest absolute Gasteiger partial charge is 0.262 e. The summed E-state index contributed by atoms with van der Waals surface area (Å²) in [5.74, 6) is -2.13. The van der Waals surface area contributed by atoms with Crippen molar-refractivity contribution in [1.29, 1.82) is 0 Å². The zero-order chi connectivity index (χ0) is 20.1. The molecule has 0 aliphatic heterocycles. The van der Waals surface area contributed by atoms with Crippen LogP contribution in [0.25, 0.3) is 10.9 Å². The van der Waals surface area contributed by atoms with Crippen LogP contribution >= 0.6 is 0 Å². The Morgan fingerprint density at radius 2 is 1.89 bits per heavy atom. The number of halogens is 2. The van der Waals surface area contributed by atoms with Gasteiger partial charge in [0.1, 0.15) is 0 Å². The zero-order valence-electron chi connectivity index (χ0n) is 15.1. The molecular formula is C20H18F2N2O3S. The number of fused-ring (bicyclic) bond motifs is 3. The van der Waals surface area contributed by atoms with E-state index in [-0.39, 0.29) is 16.4 Å². The van der Waals surface area contributed by atoms with Gasteiger partial charge in [0.2, 0.25) is 0 Å². The second kappa shape index (κ2) is 6.70. The number of anilines is 1. The topological polar surface area (TPSA) is 79.0 Å². The second-order valence-corrected chi connectivity index (χ2v) is 8.50. The SMILES string of the molecule is CCc1cc2c3c([nH]c2cc1S(=O)(=O)Nc1ccc(F)c(F)c1)CCCC3=O. The molecule has 1 heterocycles. The second-order valence-electron chi connectivity index (χ2n) is 6.85. The van der Waals surface area contributed by atoms with Gasteiger partial charge in [-0.3, -0.25) is 9.52 Å². The monoisotopic (exact) mass is 404 g/mol. The highest BCUT2D eigenvalue weighted by molar-refractivity contribution is 7.92. The average molecular weight is 404 g/mol. The van der Waals surface area contributed by atoms with Crippen molar-refractivity contribution in [3.63, 3.8) is 0 Å². The molecule has 2 N–H and O–H groups in total. The van der Waals surface area contributed by atoms with E-state index in [2.05, 4.69) is 9.71 Å². The van der Waals surface area contributed by atoms with Gasteiger partial charge < -0.3 is 4.98 Å². The fourth-order valence-electron chi connectivity index (χ4n) is 3.68. The van der Waals surface area contributed by atoms with E-state index in [4.69, 9.17) is 0 Å². The number of aromatic nitrogens is 1. The van der Waals surface area contributed by atoms with Crippen molar-refractivity contribution in [2.45, 2.75) is 37.5 Å². The Labute approximate surface area is 160 Å². The van der Waals surface area contributed by atoms with Gasteiger partial charge in [-0.25, -0.2) is 17.2 Å². The molecule has 1 aromatic heterocycles. The molecule has 1 aliphatic carbocycles. The lowest BCUT2D eigenvalue weighted by Gasteiger charge is -2.13. The highest BCUT2D eigenvalue weighted by atomic mass is 32.2. The van der Waals surface area contributed by atoms with Crippen LogP contribution < -0.4 is 4.72 Å². The Balaban J connectivity index is 1.82. The van der Waals surface area contributed by atoms with Crippen LogP contribution in [0.15, 0.2) is 35.2 Å². The summed E-state index contributed by atoms with van der Waals surface area (Å²) in [5.41, 5.74) is 2.53. The summed E-state index contributed by atoms with van der Waals surface area (Å²) >= 11 is 0. The molecule has 1 aliphatic rings. The van der Waals surface area contributed by atoms with Crippen LogP contribution in [-0.4, -0.2) is 19.2 Å². The third-order valence-corrected chi connectivity index (χ3v) is 6.47. The molecule has 0 saturated carbocycles. The maximum absolute atomic E-state index is 13.4. The molecule has 0 saturated heterocycles. The highest BCUT2D eigenvalue weighted by Gasteiger charge is 2.26. The Hall–Kier alpha value is -2.74. The van der Waals surface area contributed by atoms with Crippen molar-refractivity contribution in [1.82, 2.24) is 4.98 Å². The molecule has 0 unspecified atom stereocenters. The van der Waals surface area contributed by atoms with E-state index in [1.807, 2.05) is 6.92 Å². The molecule has 5 nitrogen and oxygen atoms in total. The van der Waals surface area contributed by atoms with Crippen LogP contribution in [0.4, 0.5) is 14.5 Å².